The Morgan fingerprint density at radius 1 is 1.30 bits per heavy atom. The summed E-state index contributed by atoms with van der Waals surface area (Å²) in [5, 5.41) is 9.20. The van der Waals surface area contributed by atoms with Gasteiger partial charge in [0.2, 0.25) is 0 Å². The standard InChI is InChI=1S/C16H22FNO2/c1-18(12-13-7-3-4-8-14(13)17)16(11-15(19)20)9-5-2-6-10-16/h3-4,7-8H,2,5-6,9-12H2,1H3,(H,19,20). The third-order valence-corrected chi connectivity index (χ3v) is 4.44. The lowest BCUT2D eigenvalue weighted by atomic mass is 9.78. The summed E-state index contributed by atoms with van der Waals surface area (Å²) in [5.41, 5.74) is 0.303. The zero-order chi connectivity index (χ0) is 14.6. The first kappa shape index (κ1) is 15.0. The van der Waals surface area contributed by atoms with Gasteiger partial charge in [0.25, 0.3) is 0 Å². The highest BCUT2D eigenvalue weighted by atomic mass is 19.1. The maximum atomic E-state index is 13.8. The molecule has 4 heteroatoms. The molecule has 0 bridgehead atoms. The Morgan fingerprint density at radius 2 is 1.95 bits per heavy atom. The van der Waals surface area contributed by atoms with E-state index in [9.17, 15) is 14.3 Å². The van der Waals surface area contributed by atoms with Crippen molar-refractivity contribution in [2.24, 2.45) is 0 Å². The molecule has 1 aromatic rings. The highest BCUT2D eigenvalue weighted by Gasteiger charge is 2.38. The van der Waals surface area contributed by atoms with Crippen LogP contribution in [-0.2, 0) is 11.3 Å². The average Bonchev–Trinajstić information content (AvgIpc) is 2.41. The lowest BCUT2D eigenvalue weighted by molar-refractivity contribution is -0.141. The van der Waals surface area contributed by atoms with Crippen LogP contribution >= 0.6 is 0 Å². The lowest BCUT2D eigenvalue weighted by Crippen LogP contribution is -2.49. The third kappa shape index (κ3) is 3.37. The number of carboxylic acid groups (broad SMARTS) is 1. The van der Waals surface area contributed by atoms with Crippen molar-refractivity contribution in [1.82, 2.24) is 4.90 Å². The first-order valence-corrected chi connectivity index (χ1v) is 7.20. The molecule has 0 aliphatic heterocycles. The van der Waals surface area contributed by atoms with E-state index in [0.29, 0.717) is 12.1 Å². The zero-order valence-corrected chi connectivity index (χ0v) is 11.9. The van der Waals surface area contributed by atoms with Gasteiger partial charge in [0.05, 0.1) is 6.42 Å². The fraction of sp³-hybridized carbons (Fsp3) is 0.562. The Bertz CT molecular complexity index is 469. The van der Waals surface area contributed by atoms with Crippen molar-refractivity contribution in [3.05, 3.63) is 35.6 Å². The molecule has 1 fully saturated rings. The number of carboxylic acids is 1. The maximum absolute atomic E-state index is 13.8. The summed E-state index contributed by atoms with van der Waals surface area (Å²) in [7, 11) is 1.92. The molecule has 1 saturated carbocycles. The number of halogens is 1. The van der Waals surface area contributed by atoms with Crippen molar-refractivity contribution >= 4 is 5.97 Å². The van der Waals surface area contributed by atoms with Crippen LogP contribution in [0.2, 0.25) is 0 Å². The summed E-state index contributed by atoms with van der Waals surface area (Å²) in [6.07, 6.45) is 5.16. The van der Waals surface area contributed by atoms with Crippen LogP contribution in [-0.4, -0.2) is 28.6 Å². The van der Waals surface area contributed by atoms with Crippen LogP contribution in [0.1, 0.15) is 44.1 Å². The van der Waals surface area contributed by atoms with E-state index >= 15 is 0 Å². The van der Waals surface area contributed by atoms with Gasteiger partial charge in [0.15, 0.2) is 0 Å². The Kier molecular flexibility index (Phi) is 4.76. The maximum Gasteiger partial charge on any atom is 0.305 e. The number of aliphatic carboxylic acids is 1. The summed E-state index contributed by atoms with van der Waals surface area (Å²) in [4.78, 5) is 13.2. The molecule has 0 amide bonds. The molecule has 20 heavy (non-hydrogen) atoms. The number of nitrogens with zero attached hydrogens (tertiary/aromatic N) is 1. The first-order valence-electron chi connectivity index (χ1n) is 7.20. The van der Waals surface area contributed by atoms with Gasteiger partial charge in [-0.3, -0.25) is 9.69 Å². The van der Waals surface area contributed by atoms with E-state index in [-0.39, 0.29) is 17.8 Å². The molecular weight excluding hydrogens is 257 g/mol. The monoisotopic (exact) mass is 279 g/mol. The molecule has 110 valence electrons. The minimum absolute atomic E-state index is 0.137. The van der Waals surface area contributed by atoms with Gasteiger partial charge in [-0.15, -0.1) is 0 Å². The van der Waals surface area contributed by atoms with Crippen LogP contribution in [0.4, 0.5) is 4.39 Å². The van der Waals surface area contributed by atoms with Gasteiger partial charge in [-0.2, -0.15) is 0 Å². The van der Waals surface area contributed by atoms with Gasteiger partial charge in [-0.1, -0.05) is 37.5 Å². The molecule has 3 nitrogen and oxygen atoms in total. The molecule has 1 aliphatic carbocycles. The van der Waals surface area contributed by atoms with Crippen molar-refractivity contribution in [2.45, 2.75) is 50.6 Å². The Morgan fingerprint density at radius 3 is 2.55 bits per heavy atom. The molecule has 1 N–H and O–H groups in total. The predicted octanol–water partition coefficient (Wildman–Crippen LogP) is 3.44. The van der Waals surface area contributed by atoms with Crippen molar-refractivity contribution in [3.63, 3.8) is 0 Å². The van der Waals surface area contributed by atoms with E-state index < -0.39 is 5.97 Å². The van der Waals surface area contributed by atoms with Crippen molar-refractivity contribution in [2.75, 3.05) is 7.05 Å². The second-order valence-corrected chi connectivity index (χ2v) is 5.80. The number of rotatable bonds is 5. The van der Waals surface area contributed by atoms with Crippen LogP contribution in [0.5, 0.6) is 0 Å². The summed E-state index contributed by atoms with van der Waals surface area (Å²) >= 11 is 0. The highest BCUT2D eigenvalue weighted by molar-refractivity contribution is 5.68. The van der Waals surface area contributed by atoms with E-state index in [1.165, 1.54) is 6.07 Å². The highest BCUT2D eigenvalue weighted by Crippen LogP contribution is 2.36. The second kappa shape index (κ2) is 6.35. The third-order valence-electron chi connectivity index (χ3n) is 4.44. The topological polar surface area (TPSA) is 40.5 Å². The summed E-state index contributed by atoms with van der Waals surface area (Å²) < 4.78 is 13.8. The Balaban J connectivity index is 2.16. The molecule has 0 unspecified atom stereocenters. The zero-order valence-electron chi connectivity index (χ0n) is 11.9. The van der Waals surface area contributed by atoms with E-state index in [0.717, 1.165) is 32.1 Å². The van der Waals surface area contributed by atoms with E-state index in [2.05, 4.69) is 0 Å². The second-order valence-electron chi connectivity index (χ2n) is 5.80. The summed E-state index contributed by atoms with van der Waals surface area (Å²) in [5.74, 6) is -0.993. The van der Waals surface area contributed by atoms with Gasteiger partial charge in [-0.05, 0) is 26.0 Å². The van der Waals surface area contributed by atoms with Crippen molar-refractivity contribution in [1.29, 1.82) is 0 Å². The van der Waals surface area contributed by atoms with Gasteiger partial charge < -0.3 is 5.11 Å². The first-order chi connectivity index (χ1) is 9.53. The van der Waals surface area contributed by atoms with E-state index in [1.54, 1.807) is 12.1 Å². The van der Waals surface area contributed by atoms with Crippen LogP contribution in [0, 0.1) is 5.82 Å². The quantitative estimate of drug-likeness (QED) is 0.897. The van der Waals surface area contributed by atoms with Crippen LogP contribution in [0.15, 0.2) is 24.3 Å². The predicted molar refractivity (Wildman–Crippen MR) is 75.9 cm³/mol. The fourth-order valence-electron chi connectivity index (χ4n) is 3.23. The number of hydrogen-bond acceptors (Lipinski definition) is 2. The molecule has 0 saturated heterocycles. The van der Waals surface area contributed by atoms with E-state index in [4.69, 9.17) is 0 Å². The van der Waals surface area contributed by atoms with Gasteiger partial charge in [-0.25, -0.2) is 4.39 Å². The smallest absolute Gasteiger partial charge is 0.305 e. The van der Waals surface area contributed by atoms with Gasteiger partial charge in [0, 0.05) is 17.6 Å². The normalized spacial score (nSPS) is 18.1. The molecule has 1 aliphatic rings. The molecule has 0 spiro atoms. The minimum atomic E-state index is -0.771. The fourth-order valence-corrected chi connectivity index (χ4v) is 3.23. The van der Waals surface area contributed by atoms with Crippen LogP contribution in [0.25, 0.3) is 0 Å². The van der Waals surface area contributed by atoms with Crippen LogP contribution < -0.4 is 0 Å². The number of benzene rings is 1. The molecule has 0 radical (unpaired) electrons. The molecule has 0 aromatic heterocycles. The number of carbonyl (C=O) groups is 1. The summed E-state index contributed by atoms with van der Waals surface area (Å²) in [6.45, 7) is 0.458. The Labute approximate surface area is 119 Å². The van der Waals surface area contributed by atoms with Crippen molar-refractivity contribution < 1.29 is 14.3 Å². The van der Waals surface area contributed by atoms with Crippen molar-refractivity contribution in [3.8, 4) is 0 Å². The Hall–Kier alpha value is -1.42. The lowest BCUT2D eigenvalue weighted by Gasteiger charge is -2.44. The number of hydrogen-bond donors (Lipinski definition) is 1. The minimum Gasteiger partial charge on any atom is -0.481 e. The van der Waals surface area contributed by atoms with Gasteiger partial charge >= 0.3 is 5.97 Å². The molecule has 0 heterocycles. The molecule has 0 atom stereocenters. The summed E-state index contributed by atoms with van der Waals surface area (Å²) in [6, 6.07) is 6.71. The van der Waals surface area contributed by atoms with E-state index in [1.807, 2.05) is 18.0 Å². The van der Waals surface area contributed by atoms with Crippen LogP contribution in [0.3, 0.4) is 0 Å². The largest absolute Gasteiger partial charge is 0.481 e. The molecule has 1 aromatic carbocycles. The average molecular weight is 279 g/mol. The molecular formula is C16H22FNO2. The van der Waals surface area contributed by atoms with Gasteiger partial charge in [0.1, 0.15) is 5.82 Å². The molecule has 2 rings (SSSR count). The SMILES string of the molecule is CN(Cc1ccccc1F)C1(CC(=O)O)CCCCC1.